The van der Waals surface area contributed by atoms with E-state index in [4.69, 9.17) is 0 Å². The molecule has 11 heteroatoms. The fourth-order valence-corrected chi connectivity index (χ4v) is 3.17. The van der Waals surface area contributed by atoms with Crippen molar-refractivity contribution in [3.63, 3.8) is 0 Å². The van der Waals surface area contributed by atoms with Gasteiger partial charge in [0.1, 0.15) is 11.6 Å². The summed E-state index contributed by atoms with van der Waals surface area (Å²) in [5, 5.41) is 0. The van der Waals surface area contributed by atoms with Crippen LogP contribution >= 0.6 is 0 Å². The SMILES string of the molecule is F[B-](F)(F)F.Fc1ccc([S+](c2ccc(F)cc2)C(F)(F)F)cc1. The molecule has 0 aliphatic carbocycles. The lowest BCUT2D eigenvalue weighted by Gasteiger charge is -2.09. The molecule has 0 aromatic heterocycles. The van der Waals surface area contributed by atoms with E-state index in [1.54, 1.807) is 0 Å². The van der Waals surface area contributed by atoms with Crippen LogP contribution in [-0.4, -0.2) is 12.8 Å². The van der Waals surface area contributed by atoms with Crippen LogP contribution in [0.4, 0.5) is 39.2 Å². The topological polar surface area (TPSA) is 0 Å². The number of rotatable bonds is 2. The molecule has 2 rings (SSSR count). The third kappa shape index (κ3) is 7.20. The van der Waals surface area contributed by atoms with Crippen LogP contribution in [0.5, 0.6) is 0 Å². The molecule has 0 atom stereocenters. The molecular formula is C13H8BF9S. The fraction of sp³-hybridized carbons (Fsp3) is 0.0769. The first kappa shape index (κ1) is 20.3. The minimum Gasteiger partial charge on any atom is -0.418 e. The van der Waals surface area contributed by atoms with Crippen LogP contribution in [0.15, 0.2) is 58.3 Å². The Hall–Kier alpha value is -1.78. The summed E-state index contributed by atoms with van der Waals surface area (Å²) in [6, 6.07) is 8.28. The summed E-state index contributed by atoms with van der Waals surface area (Å²) in [5.41, 5.74) is -4.50. The van der Waals surface area contributed by atoms with E-state index in [-0.39, 0.29) is 9.79 Å². The normalized spacial score (nSPS) is 11.9. The van der Waals surface area contributed by atoms with Gasteiger partial charge in [-0.2, -0.15) is 0 Å². The van der Waals surface area contributed by atoms with E-state index < -0.39 is 35.3 Å². The van der Waals surface area contributed by atoms with Gasteiger partial charge in [-0.1, -0.05) is 0 Å². The van der Waals surface area contributed by atoms with E-state index in [1.165, 1.54) is 0 Å². The molecule has 0 saturated heterocycles. The zero-order valence-corrected chi connectivity index (χ0v) is 12.3. The second kappa shape index (κ2) is 7.86. The molecular weight excluding hydrogens is 370 g/mol. The minimum atomic E-state index is -6.00. The monoisotopic (exact) mass is 378 g/mol. The summed E-state index contributed by atoms with van der Waals surface area (Å²) in [7, 11) is -8.22. The lowest BCUT2D eigenvalue weighted by Crippen LogP contribution is -2.24. The van der Waals surface area contributed by atoms with Gasteiger partial charge in [0.05, 0.1) is 0 Å². The van der Waals surface area contributed by atoms with Gasteiger partial charge in [-0.05, 0) is 48.5 Å². The standard InChI is InChI=1S/C13H8F5S.BF4/c14-9-1-5-11(6-2-9)19(13(16,17)18)12-7-3-10(15)4-8-12;2-1(3,4)5/h1-8H;/q+1;-1. The Balaban J connectivity index is 0.000000505. The maximum atomic E-state index is 13.1. The molecule has 0 spiro atoms. The van der Waals surface area contributed by atoms with Crippen molar-refractivity contribution in [2.75, 3.05) is 0 Å². The second-order valence-corrected chi connectivity index (χ2v) is 6.17. The van der Waals surface area contributed by atoms with E-state index in [2.05, 4.69) is 0 Å². The van der Waals surface area contributed by atoms with E-state index in [1.807, 2.05) is 0 Å². The Morgan fingerprint density at radius 2 is 0.875 bits per heavy atom. The summed E-state index contributed by atoms with van der Waals surface area (Å²) < 4.78 is 104. The van der Waals surface area contributed by atoms with Crippen LogP contribution in [0.1, 0.15) is 0 Å². The summed E-state index contributed by atoms with van der Waals surface area (Å²) in [4.78, 5) is -0.110. The van der Waals surface area contributed by atoms with Crippen molar-refractivity contribution >= 4 is 18.1 Å². The van der Waals surface area contributed by atoms with Gasteiger partial charge in [0.2, 0.25) is 0 Å². The molecule has 0 saturated carbocycles. The van der Waals surface area contributed by atoms with Crippen LogP contribution in [0.25, 0.3) is 0 Å². The van der Waals surface area contributed by atoms with Crippen LogP contribution in [0.2, 0.25) is 0 Å². The molecule has 0 fully saturated rings. The van der Waals surface area contributed by atoms with Gasteiger partial charge in [0.25, 0.3) is 0 Å². The number of halogens is 9. The second-order valence-electron chi connectivity index (χ2n) is 4.15. The minimum absolute atomic E-state index is 0.0551. The Bertz CT molecular complexity index is 583. The van der Waals surface area contributed by atoms with Crippen molar-refractivity contribution < 1.29 is 39.2 Å². The molecule has 0 bridgehead atoms. The third-order valence-corrected chi connectivity index (χ3v) is 4.28. The highest BCUT2D eigenvalue weighted by Crippen LogP contribution is 2.38. The van der Waals surface area contributed by atoms with Crippen molar-refractivity contribution in [1.82, 2.24) is 0 Å². The van der Waals surface area contributed by atoms with E-state index in [0.29, 0.717) is 0 Å². The average molecular weight is 378 g/mol. The zero-order valence-electron chi connectivity index (χ0n) is 11.5. The number of hydrogen-bond donors (Lipinski definition) is 0. The lowest BCUT2D eigenvalue weighted by atomic mass is 10.3. The van der Waals surface area contributed by atoms with Crippen LogP contribution in [0.3, 0.4) is 0 Å². The maximum Gasteiger partial charge on any atom is 0.673 e. The first-order valence-electron chi connectivity index (χ1n) is 6.07. The highest BCUT2D eigenvalue weighted by atomic mass is 32.2. The fourth-order valence-electron chi connectivity index (χ4n) is 1.54. The van der Waals surface area contributed by atoms with Gasteiger partial charge in [-0.15, -0.1) is 13.2 Å². The molecule has 0 aliphatic rings. The number of alkyl halides is 3. The molecule has 0 heterocycles. The van der Waals surface area contributed by atoms with Gasteiger partial charge >= 0.3 is 12.8 Å². The van der Waals surface area contributed by atoms with Crippen molar-refractivity contribution in [3.05, 3.63) is 60.2 Å². The molecule has 0 unspecified atom stereocenters. The van der Waals surface area contributed by atoms with Gasteiger partial charge < -0.3 is 17.3 Å². The van der Waals surface area contributed by atoms with Crippen molar-refractivity contribution in [3.8, 4) is 0 Å². The largest absolute Gasteiger partial charge is 0.673 e. The van der Waals surface area contributed by atoms with Gasteiger partial charge in [-0.25, -0.2) is 8.78 Å². The molecule has 24 heavy (non-hydrogen) atoms. The summed E-state index contributed by atoms with van der Waals surface area (Å²) in [6.45, 7) is 0. The van der Waals surface area contributed by atoms with Crippen LogP contribution < -0.4 is 0 Å². The van der Waals surface area contributed by atoms with Crippen molar-refractivity contribution in [2.45, 2.75) is 15.3 Å². The first-order valence-corrected chi connectivity index (χ1v) is 7.30. The quantitative estimate of drug-likeness (QED) is 0.351. The molecule has 0 amide bonds. The lowest BCUT2D eigenvalue weighted by molar-refractivity contribution is -0.0371. The molecule has 132 valence electrons. The Kier molecular flexibility index (Phi) is 6.64. The summed E-state index contributed by atoms with van der Waals surface area (Å²) >= 11 is 0. The molecule has 0 N–H and O–H groups in total. The Labute approximate surface area is 133 Å². The number of hydrogen-bond acceptors (Lipinski definition) is 0. The summed E-state index contributed by atoms with van der Waals surface area (Å²) in [6.07, 6.45) is 0. The Morgan fingerprint density at radius 1 is 0.625 bits per heavy atom. The van der Waals surface area contributed by atoms with E-state index >= 15 is 0 Å². The summed E-state index contributed by atoms with van der Waals surface area (Å²) in [5.74, 6) is -1.21. The smallest absolute Gasteiger partial charge is 0.418 e. The van der Waals surface area contributed by atoms with E-state index in [9.17, 15) is 39.2 Å². The number of benzene rings is 2. The van der Waals surface area contributed by atoms with Crippen LogP contribution in [-0.2, 0) is 10.9 Å². The van der Waals surface area contributed by atoms with Crippen LogP contribution in [0, 0.1) is 11.6 Å². The zero-order chi connectivity index (χ0) is 18.5. The molecule has 0 radical (unpaired) electrons. The molecule has 0 nitrogen and oxygen atoms in total. The highest BCUT2D eigenvalue weighted by Gasteiger charge is 2.54. The maximum absolute atomic E-state index is 13.1. The predicted octanol–water partition coefficient (Wildman–Crippen LogP) is 5.82. The van der Waals surface area contributed by atoms with Gasteiger partial charge in [0, 0.05) is 0 Å². The molecule has 0 aliphatic heterocycles. The third-order valence-electron chi connectivity index (χ3n) is 2.33. The predicted molar refractivity (Wildman–Crippen MR) is 72.9 cm³/mol. The Morgan fingerprint density at radius 3 is 1.08 bits per heavy atom. The molecule has 2 aromatic carbocycles. The van der Waals surface area contributed by atoms with Crippen molar-refractivity contribution in [2.24, 2.45) is 0 Å². The molecule has 2 aromatic rings. The highest BCUT2D eigenvalue weighted by molar-refractivity contribution is 7.97. The van der Waals surface area contributed by atoms with Crippen molar-refractivity contribution in [1.29, 1.82) is 0 Å². The van der Waals surface area contributed by atoms with E-state index in [0.717, 1.165) is 48.5 Å². The average Bonchev–Trinajstić information content (AvgIpc) is 2.40. The first-order chi connectivity index (χ1) is 10.9. The van der Waals surface area contributed by atoms with Gasteiger partial charge in [-0.3, -0.25) is 0 Å². The van der Waals surface area contributed by atoms with Gasteiger partial charge in [0.15, 0.2) is 20.7 Å².